The van der Waals surface area contributed by atoms with Crippen molar-refractivity contribution < 1.29 is 38.0 Å². The Balaban J connectivity index is 1.82. The molecule has 0 spiro atoms. The minimum atomic E-state index is -4.41. The normalized spacial score (nSPS) is 24.0. The Morgan fingerprint density at radius 3 is 2.63 bits per heavy atom. The van der Waals surface area contributed by atoms with Gasteiger partial charge in [-0.1, -0.05) is 42.5 Å². The van der Waals surface area contributed by atoms with Gasteiger partial charge in [0.2, 0.25) is 0 Å². The lowest BCUT2D eigenvalue weighted by Gasteiger charge is -2.19. The van der Waals surface area contributed by atoms with Crippen LogP contribution in [-0.2, 0) is 22.1 Å². The van der Waals surface area contributed by atoms with Crippen LogP contribution in [0.5, 0.6) is 0 Å². The molecule has 0 heterocycles. The van der Waals surface area contributed by atoms with Crippen molar-refractivity contribution in [3.8, 4) is 0 Å². The van der Waals surface area contributed by atoms with E-state index in [9.17, 15) is 33.3 Å². The number of halogens is 3. The van der Waals surface area contributed by atoms with E-state index in [-0.39, 0.29) is 43.2 Å². The second kappa shape index (κ2) is 13.8. The zero-order valence-electron chi connectivity index (χ0n) is 20.3. The van der Waals surface area contributed by atoms with Gasteiger partial charge in [-0.25, -0.2) is 0 Å². The number of hydrogen-bond donors (Lipinski definition) is 3. The summed E-state index contributed by atoms with van der Waals surface area (Å²) in [5, 5.41) is 31.0. The molecule has 196 valence electrons. The van der Waals surface area contributed by atoms with Gasteiger partial charge < -0.3 is 20.1 Å². The maximum absolute atomic E-state index is 12.9. The van der Waals surface area contributed by atoms with Gasteiger partial charge in [-0.2, -0.15) is 13.2 Å². The largest absolute Gasteiger partial charge is 0.463 e. The number of aryl methyl sites for hydroxylation is 1. The van der Waals surface area contributed by atoms with Crippen LogP contribution in [0.1, 0.15) is 63.5 Å². The Kier molecular flexibility index (Phi) is 11.5. The van der Waals surface area contributed by atoms with E-state index in [1.807, 2.05) is 12.2 Å². The summed E-state index contributed by atoms with van der Waals surface area (Å²) in [7, 11) is 0. The number of carbonyl (C=O) groups is 1. The number of aliphatic hydroxyl groups excluding tert-OH is 3. The number of carbonyl (C=O) groups excluding carboxylic acids is 1. The average Bonchev–Trinajstić information content (AvgIpc) is 3.04. The lowest BCUT2D eigenvalue weighted by atomic mass is 9.89. The van der Waals surface area contributed by atoms with Crippen LogP contribution in [0.2, 0.25) is 0 Å². The van der Waals surface area contributed by atoms with Crippen LogP contribution in [0, 0.1) is 11.8 Å². The lowest BCUT2D eigenvalue weighted by Crippen LogP contribution is -2.20. The molecule has 1 saturated carbocycles. The van der Waals surface area contributed by atoms with Crippen LogP contribution in [-0.4, -0.2) is 45.7 Å². The summed E-state index contributed by atoms with van der Waals surface area (Å²) in [6.45, 7) is 3.61. The molecule has 5 atom stereocenters. The van der Waals surface area contributed by atoms with Gasteiger partial charge in [0.1, 0.15) is 0 Å². The molecule has 1 aliphatic carbocycles. The fourth-order valence-electron chi connectivity index (χ4n) is 4.33. The molecule has 3 N–H and O–H groups in total. The number of benzene rings is 1. The zero-order valence-corrected chi connectivity index (χ0v) is 20.3. The molecule has 1 aromatic rings. The number of aliphatic hydroxyl groups is 3. The van der Waals surface area contributed by atoms with Gasteiger partial charge in [0.25, 0.3) is 0 Å². The van der Waals surface area contributed by atoms with E-state index in [0.29, 0.717) is 31.2 Å². The maximum atomic E-state index is 12.9. The fourth-order valence-corrected chi connectivity index (χ4v) is 4.33. The number of alkyl halides is 3. The van der Waals surface area contributed by atoms with E-state index >= 15 is 0 Å². The second-order valence-corrected chi connectivity index (χ2v) is 9.44. The first-order chi connectivity index (χ1) is 16.5. The summed E-state index contributed by atoms with van der Waals surface area (Å²) in [4.78, 5) is 11.5. The molecule has 5 nitrogen and oxygen atoms in total. The minimum Gasteiger partial charge on any atom is -0.463 e. The fraction of sp³-hybridized carbons (Fsp3) is 0.593. The van der Waals surface area contributed by atoms with Gasteiger partial charge in [-0.3, -0.25) is 4.79 Å². The highest BCUT2D eigenvalue weighted by atomic mass is 19.4. The molecule has 2 rings (SSSR count). The number of esters is 1. The molecule has 1 aromatic carbocycles. The van der Waals surface area contributed by atoms with E-state index in [2.05, 4.69) is 0 Å². The summed E-state index contributed by atoms with van der Waals surface area (Å²) in [6, 6.07) is 5.05. The summed E-state index contributed by atoms with van der Waals surface area (Å²) in [5.74, 6) is -0.766. The SMILES string of the molecule is CC(C)OC(=O)CCC/C=C\C[C@@H]1[C@@H](/C=C/[C@@H](O)CCc2cccc(C(F)(F)F)c2)[C@H](O)C[C@@H]1O. The Morgan fingerprint density at radius 1 is 1.20 bits per heavy atom. The van der Waals surface area contributed by atoms with E-state index in [1.165, 1.54) is 6.07 Å². The highest BCUT2D eigenvalue weighted by molar-refractivity contribution is 5.69. The molecule has 0 unspecified atom stereocenters. The third-order valence-corrected chi connectivity index (χ3v) is 6.15. The lowest BCUT2D eigenvalue weighted by molar-refractivity contribution is -0.147. The average molecular weight is 499 g/mol. The summed E-state index contributed by atoms with van der Waals surface area (Å²) >= 11 is 0. The monoisotopic (exact) mass is 498 g/mol. The molecular formula is C27H37F3O5. The van der Waals surface area contributed by atoms with Crippen LogP contribution in [0.25, 0.3) is 0 Å². The van der Waals surface area contributed by atoms with Gasteiger partial charge in [0, 0.05) is 18.8 Å². The van der Waals surface area contributed by atoms with E-state index < -0.39 is 30.1 Å². The molecule has 35 heavy (non-hydrogen) atoms. The molecular weight excluding hydrogens is 461 g/mol. The molecule has 0 aromatic heterocycles. The third kappa shape index (κ3) is 10.2. The quantitative estimate of drug-likeness (QED) is 0.215. The Labute approximate surface area is 205 Å². The Morgan fingerprint density at radius 2 is 1.94 bits per heavy atom. The van der Waals surface area contributed by atoms with Crippen LogP contribution in [0.15, 0.2) is 48.6 Å². The Hall–Kier alpha value is -2.16. The standard InChI is InChI=1S/C27H37F3O5/c1-18(2)35-26(34)11-6-4-3-5-10-22-23(25(33)17-24(22)32)15-14-21(31)13-12-19-8-7-9-20(16-19)27(28,29)30/h3,5,7-9,14-16,18,21-25,31-33H,4,6,10-13,17H2,1-2H3/b5-3-,15-14+/t21-,22+,23+,24-,25+/m0/s1. The van der Waals surface area contributed by atoms with Crippen molar-refractivity contribution in [3.63, 3.8) is 0 Å². The molecule has 8 heteroatoms. The first-order valence-corrected chi connectivity index (χ1v) is 12.2. The van der Waals surface area contributed by atoms with Crippen LogP contribution >= 0.6 is 0 Å². The predicted molar refractivity (Wildman–Crippen MR) is 127 cm³/mol. The maximum Gasteiger partial charge on any atom is 0.416 e. The summed E-state index contributed by atoms with van der Waals surface area (Å²) < 4.78 is 43.7. The molecule has 0 aliphatic heterocycles. The summed E-state index contributed by atoms with van der Waals surface area (Å²) in [5.41, 5.74) is -0.224. The van der Waals surface area contributed by atoms with Gasteiger partial charge >= 0.3 is 12.1 Å². The molecule has 1 aliphatic rings. The van der Waals surface area contributed by atoms with Crippen molar-refractivity contribution in [2.75, 3.05) is 0 Å². The molecule has 0 saturated heterocycles. The number of ether oxygens (including phenoxy) is 1. The first-order valence-electron chi connectivity index (χ1n) is 12.2. The van der Waals surface area contributed by atoms with Crippen molar-refractivity contribution in [1.82, 2.24) is 0 Å². The number of hydrogen-bond acceptors (Lipinski definition) is 5. The minimum absolute atomic E-state index is 0.127. The van der Waals surface area contributed by atoms with Gasteiger partial charge in [0.05, 0.1) is 30.0 Å². The highest BCUT2D eigenvalue weighted by Gasteiger charge is 2.39. The van der Waals surface area contributed by atoms with E-state index in [4.69, 9.17) is 4.74 Å². The van der Waals surface area contributed by atoms with Crippen molar-refractivity contribution >= 4 is 5.97 Å². The van der Waals surface area contributed by atoms with Crippen molar-refractivity contribution in [3.05, 3.63) is 59.7 Å². The van der Waals surface area contributed by atoms with Gasteiger partial charge in [0.15, 0.2) is 0 Å². The topological polar surface area (TPSA) is 87.0 Å². The van der Waals surface area contributed by atoms with Gasteiger partial charge in [-0.15, -0.1) is 0 Å². The number of unbranched alkanes of at least 4 members (excludes halogenated alkanes) is 1. The Bertz CT molecular complexity index is 849. The molecule has 0 amide bonds. The smallest absolute Gasteiger partial charge is 0.416 e. The third-order valence-electron chi connectivity index (χ3n) is 6.15. The van der Waals surface area contributed by atoms with Crippen molar-refractivity contribution in [2.24, 2.45) is 11.8 Å². The van der Waals surface area contributed by atoms with Crippen LogP contribution in [0.4, 0.5) is 13.2 Å². The van der Waals surface area contributed by atoms with Crippen molar-refractivity contribution in [1.29, 1.82) is 0 Å². The second-order valence-electron chi connectivity index (χ2n) is 9.44. The van der Waals surface area contributed by atoms with E-state index in [1.54, 1.807) is 32.1 Å². The van der Waals surface area contributed by atoms with Crippen molar-refractivity contribution in [2.45, 2.75) is 89.4 Å². The number of allylic oxidation sites excluding steroid dienone is 2. The molecule has 0 radical (unpaired) electrons. The molecule has 1 fully saturated rings. The van der Waals surface area contributed by atoms with Crippen LogP contribution < -0.4 is 0 Å². The highest BCUT2D eigenvalue weighted by Crippen LogP contribution is 2.36. The zero-order chi connectivity index (χ0) is 26.0. The predicted octanol–water partition coefficient (Wildman–Crippen LogP) is 4.98. The summed E-state index contributed by atoms with van der Waals surface area (Å²) in [6.07, 6.45) is 3.35. The van der Waals surface area contributed by atoms with Crippen LogP contribution in [0.3, 0.4) is 0 Å². The first kappa shape index (κ1) is 29.1. The van der Waals surface area contributed by atoms with Gasteiger partial charge in [-0.05, 0) is 63.5 Å². The number of rotatable bonds is 12. The molecule has 0 bridgehead atoms. The van der Waals surface area contributed by atoms with E-state index in [0.717, 1.165) is 12.1 Å².